The first-order chi connectivity index (χ1) is 9.20. The molecular weight excluding hydrogens is 262 g/mol. The molecule has 0 aromatic heterocycles. The molecule has 1 saturated heterocycles. The van der Waals surface area contributed by atoms with Crippen LogP contribution in [0.2, 0.25) is 0 Å². The SMILES string of the molecule is C=CCc1cccc(/C=N\N=C2/NC(=O)CS2)c1O. The molecule has 1 fully saturated rings. The summed E-state index contributed by atoms with van der Waals surface area (Å²) >= 11 is 1.30. The smallest absolute Gasteiger partial charge is 0.236 e. The van der Waals surface area contributed by atoms with Crippen LogP contribution in [0.25, 0.3) is 0 Å². The Hall–Kier alpha value is -2.08. The summed E-state index contributed by atoms with van der Waals surface area (Å²) < 4.78 is 0. The van der Waals surface area contributed by atoms with Crippen LogP contribution in [-0.4, -0.2) is 28.1 Å². The van der Waals surface area contributed by atoms with Crippen LogP contribution in [0.3, 0.4) is 0 Å². The van der Waals surface area contributed by atoms with Gasteiger partial charge in [-0.05, 0) is 18.1 Å². The van der Waals surface area contributed by atoms with Gasteiger partial charge in [-0.25, -0.2) is 0 Å². The number of amidine groups is 1. The summed E-state index contributed by atoms with van der Waals surface area (Å²) in [5.74, 6) is 0.471. The van der Waals surface area contributed by atoms with E-state index in [1.165, 1.54) is 18.0 Å². The van der Waals surface area contributed by atoms with Crippen LogP contribution in [0.4, 0.5) is 0 Å². The van der Waals surface area contributed by atoms with Crippen LogP contribution in [-0.2, 0) is 11.2 Å². The van der Waals surface area contributed by atoms with Crippen LogP contribution >= 0.6 is 11.8 Å². The summed E-state index contributed by atoms with van der Waals surface area (Å²) in [4.78, 5) is 10.9. The lowest BCUT2D eigenvalue weighted by molar-refractivity contribution is -0.116. The molecule has 19 heavy (non-hydrogen) atoms. The van der Waals surface area contributed by atoms with Crippen LogP contribution in [0.15, 0.2) is 41.1 Å². The molecule has 1 amide bonds. The van der Waals surface area contributed by atoms with Crippen LogP contribution in [0.5, 0.6) is 5.75 Å². The molecule has 2 rings (SSSR count). The standard InChI is InChI=1S/C13H13N3O2S/c1-2-4-9-5-3-6-10(12(9)18)7-14-16-13-15-11(17)8-19-13/h2-3,5-7,18H,1,4,8H2,(H,15,16,17)/b14-7-. The number of nitrogens with one attached hydrogen (secondary N) is 1. The molecule has 0 bridgehead atoms. The molecule has 0 unspecified atom stereocenters. The molecule has 6 heteroatoms. The van der Waals surface area contributed by atoms with E-state index in [4.69, 9.17) is 0 Å². The zero-order chi connectivity index (χ0) is 13.7. The number of allylic oxidation sites excluding steroid dienone is 1. The van der Waals surface area contributed by atoms with E-state index < -0.39 is 0 Å². The highest BCUT2D eigenvalue weighted by Crippen LogP contribution is 2.21. The Balaban J connectivity index is 2.12. The van der Waals surface area contributed by atoms with Crippen molar-refractivity contribution < 1.29 is 9.90 Å². The van der Waals surface area contributed by atoms with Gasteiger partial charge in [-0.15, -0.1) is 11.7 Å². The number of nitrogens with zero attached hydrogens (tertiary/aromatic N) is 2. The van der Waals surface area contributed by atoms with Crippen LogP contribution in [0, 0.1) is 0 Å². The normalized spacial score (nSPS) is 17.1. The van der Waals surface area contributed by atoms with Crippen molar-refractivity contribution in [1.82, 2.24) is 5.32 Å². The van der Waals surface area contributed by atoms with Crippen molar-refractivity contribution in [1.29, 1.82) is 0 Å². The fraction of sp³-hybridized carbons (Fsp3) is 0.154. The number of amides is 1. The maximum absolute atomic E-state index is 10.9. The molecule has 0 spiro atoms. The van der Waals surface area contributed by atoms with Crippen molar-refractivity contribution in [2.24, 2.45) is 10.2 Å². The van der Waals surface area contributed by atoms with Crippen molar-refractivity contribution in [3.8, 4) is 5.75 Å². The number of hydrogen-bond acceptors (Lipinski definition) is 5. The van der Waals surface area contributed by atoms with Gasteiger partial charge in [-0.2, -0.15) is 5.10 Å². The molecule has 0 radical (unpaired) electrons. The van der Waals surface area contributed by atoms with E-state index in [1.807, 2.05) is 12.1 Å². The van der Waals surface area contributed by atoms with E-state index in [9.17, 15) is 9.90 Å². The van der Waals surface area contributed by atoms with Crippen molar-refractivity contribution in [3.63, 3.8) is 0 Å². The number of carbonyl (C=O) groups excluding carboxylic acids is 1. The highest BCUT2D eigenvalue weighted by Gasteiger charge is 2.15. The van der Waals surface area contributed by atoms with Gasteiger partial charge in [-0.3, -0.25) is 4.79 Å². The number of benzene rings is 1. The molecule has 1 aliphatic rings. The molecule has 0 atom stereocenters. The lowest BCUT2D eigenvalue weighted by Gasteiger charge is -2.03. The zero-order valence-electron chi connectivity index (χ0n) is 10.2. The highest BCUT2D eigenvalue weighted by atomic mass is 32.2. The van der Waals surface area contributed by atoms with Gasteiger partial charge in [0.2, 0.25) is 5.91 Å². The van der Waals surface area contributed by atoms with Crippen molar-refractivity contribution in [2.75, 3.05) is 5.75 Å². The Labute approximate surface area is 115 Å². The second-order valence-electron chi connectivity index (χ2n) is 3.83. The Morgan fingerprint density at radius 1 is 1.53 bits per heavy atom. The third-order valence-corrected chi connectivity index (χ3v) is 3.31. The molecule has 1 aliphatic heterocycles. The average molecular weight is 275 g/mol. The number of carbonyl (C=O) groups is 1. The van der Waals surface area contributed by atoms with E-state index in [-0.39, 0.29) is 11.7 Å². The van der Waals surface area contributed by atoms with Crippen molar-refractivity contribution >= 4 is 29.1 Å². The quantitative estimate of drug-likeness (QED) is 0.499. The molecular formula is C13H13N3O2S. The molecule has 1 aromatic carbocycles. The Morgan fingerprint density at radius 2 is 2.37 bits per heavy atom. The van der Waals surface area contributed by atoms with Crippen LogP contribution in [0.1, 0.15) is 11.1 Å². The van der Waals surface area contributed by atoms with Gasteiger partial charge in [-0.1, -0.05) is 30.0 Å². The Morgan fingerprint density at radius 3 is 3.05 bits per heavy atom. The third-order valence-electron chi connectivity index (χ3n) is 2.45. The average Bonchev–Trinajstić information content (AvgIpc) is 2.80. The maximum atomic E-state index is 10.9. The number of rotatable bonds is 4. The first-order valence-electron chi connectivity index (χ1n) is 5.66. The number of aromatic hydroxyl groups is 1. The summed E-state index contributed by atoms with van der Waals surface area (Å²) in [5, 5.41) is 20.8. The number of thioether (sulfide) groups is 1. The summed E-state index contributed by atoms with van der Waals surface area (Å²) in [6, 6.07) is 5.40. The Kier molecular flexibility index (Phi) is 4.35. The molecule has 1 heterocycles. The second kappa shape index (κ2) is 6.19. The summed E-state index contributed by atoms with van der Waals surface area (Å²) in [7, 11) is 0. The Bertz CT molecular complexity index is 567. The number of phenolic OH excluding ortho intramolecular Hbond substituents is 1. The van der Waals surface area contributed by atoms with E-state index in [2.05, 4.69) is 22.1 Å². The van der Waals surface area contributed by atoms with Gasteiger partial charge in [0.1, 0.15) is 5.75 Å². The molecule has 5 nitrogen and oxygen atoms in total. The minimum atomic E-state index is -0.0743. The van der Waals surface area contributed by atoms with E-state index in [0.29, 0.717) is 22.9 Å². The van der Waals surface area contributed by atoms with Crippen LogP contribution < -0.4 is 5.32 Å². The monoisotopic (exact) mass is 275 g/mol. The van der Waals surface area contributed by atoms with Gasteiger partial charge in [0.15, 0.2) is 5.17 Å². The predicted octanol–water partition coefficient (Wildman–Crippen LogP) is 1.67. The second-order valence-corrected chi connectivity index (χ2v) is 4.80. The summed E-state index contributed by atoms with van der Waals surface area (Å²) in [5.41, 5.74) is 1.37. The molecule has 0 aliphatic carbocycles. The number of para-hydroxylation sites is 1. The van der Waals surface area contributed by atoms with E-state index in [0.717, 1.165) is 5.56 Å². The lowest BCUT2D eigenvalue weighted by atomic mass is 10.1. The van der Waals surface area contributed by atoms with Gasteiger partial charge in [0.25, 0.3) is 0 Å². The fourth-order valence-corrected chi connectivity index (χ4v) is 2.19. The highest BCUT2D eigenvalue weighted by molar-refractivity contribution is 8.15. The van der Waals surface area contributed by atoms with E-state index >= 15 is 0 Å². The fourth-order valence-electron chi connectivity index (χ4n) is 1.56. The lowest BCUT2D eigenvalue weighted by Crippen LogP contribution is -2.19. The number of phenols is 1. The predicted molar refractivity (Wildman–Crippen MR) is 77.6 cm³/mol. The first-order valence-corrected chi connectivity index (χ1v) is 6.64. The third kappa shape index (κ3) is 3.45. The summed E-state index contributed by atoms with van der Waals surface area (Å²) in [6.07, 6.45) is 3.77. The minimum Gasteiger partial charge on any atom is -0.507 e. The summed E-state index contributed by atoms with van der Waals surface area (Å²) in [6.45, 7) is 3.64. The van der Waals surface area contributed by atoms with Crippen molar-refractivity contribution in [3.05, 3.63) is 42.0 Å². The maximum Gasteiger partial charge on any atom is 0.236 e. The number of hydrogen-bond donors (Lipinski definition) is 2. The molecule has 0 saturated carbocycles. The van der Waals surface area contributed by atoms with Crippen molar-refractivity contribution in [2.45, 2.75) is 6.42 Å². The van der Waals surface area contributed by atoms with Gasteiger partial charge < -0.3 is 10.4 Å². The van der Waals surface area contributed by atoms with Gasteiger partial charge in [0.05, 0.1) is 12.0 Å². The topological polar surface area (TPSA) is 74.0 Å². The first kappa shape index (κ1) is 13.4. The largest absolute Gasteiger partial charge is 0.507 e. The van der Waals surface area contributed by atoms with Gasteiger partial charge >= 0.3 is 0 Å². The molecule has 2 N–H and O–H groups in total. The zero-order valence-corrected chi connectivity index (χ0v) is 11.0. The molecule has 1 aromatic rings. The minimum absolute atomic E-state index is 0.0743. The van der Waals surface area contributed by atoms with Gasteiger partial charge in [0, 0.05) is 5.56 Å². The van der Waals surface area contributed by atoms with E-state index in [1.54, 1.807) is 12.1 Å². The molecule has 98 valence electrons.